The first-order valence-corrected chi connectivity index (χ1v) is 17.6. The summed E-state index contributed by atoms with van der Waals surface area (Å²) in [4.78, 5) is 29.6. The minimum absolute atomic E-state index is 0.107. The molecule has 1 aliphatic carbocycles. The number of rotatable bonds is 13. The number of sulfonamides is 1. The fourth-order valence-corrected chi connectivity index (χ4v) is 6.96. The summed E-state index contributed by atoms with van der Waals surface area (Å²) in [6.07, 6.45) is 6.08. The average molecular weight is 669 g/mol. The maximum absolute atomic E-state index is 14.0. The number of hydrogen-bond donors (Lipinski definition) is 1. The molecule has 0 bridgehead atoms. The lowest BCUT2D eigenvalue weighted by atomic mass is 10.0. The Labute approximate surface area is 264 Å². The van der Waals surface area contributed by atoms with Gasteiger partial charge < -0.3 is 10.2 Å². The predicted molar refractivity (Wildman–Crippen MR) is 176 cm³/mol. The van der Waals surface area contributed by atoms with E-state index >= 15 is 0 Å². The van der Waals surface area contributed by atoms with Crippen LogP contribution in [-0.2, 0) is 32.6 Å². The first-order chi connectivity index (χ1) is 20.5. The van der Waals surface area contributed by atoms with Crippen molar-refractivity contribution in [3.8, 4) is 0 Å². The quantitative estimate of drug-likeness (QED) is 0.231. The molecule has 3 aromatic carbocycles. The molecule has 1 aliphatic rings. The topological polar surface area (TPSA) is 86.8 Å². The molecule has 3 aromatic rings. The molecule has 1 N–H and O–H groups in total. The van der Waals surface area contributed by atoms with Crippen LogP contribution in [0, 0.1) is 13.8 Å². The van der Waals surface area contributed by atoms with E-state index in [1.807, 2.05) is 86.6 Å². The second kappa shape index (κ2) is 15.0. The fraction of sp³-hybridized carbons (Fsp3) is 0.412. The van der Waals surface area contributed by atoms with Crippen molar-refractivity contribution in [1.82, 2.24) is 10.2 Å². The van der Waals surface area contributed by atoms with Crippen LogP contribution >= 0.6 is 15.9 Å². The summed E-state index contributed by atoms with van der Waals surface area (Å²) in [5.74, 6) is -0.325. The molecule has 7 nitrogen and oxygen atoms in total. The highest BCUT2D eigenvalue weighted by Gasteiger charge is 2.32. The van der Waals surface area contributed by atoms with Crippen LogP contribution in [0.25, 0.3) is 0 Å². The van der Waals surface area contributed by atoms with Gasteiger partial charge in [0, 0.05) is 36.4 Å². The molecule has 1 saturated carbocycles. The predicted octanol–water partition coefficient (Wildman–Crippen LogP) is 6.31. The normalized spacial score (nSPS) is 14.3. The summed E-state index contributed by atoms with van der Waals surface area (Å²) in [5.41, 5.74) is 4.32. The Balaban J connectivity index is 1.59. The molecule has 0 unspecified atom stereocenters. The minimum Gasteiger partial charge on any atom is -0.352 e. The lowest BCUT2D eigenvalue weighted by Gasteiger charge is -2.33. The highest BCUT2D eigenvalue weighted by Crippen LogP contribution is 2.25. The standard InChI is InChI=1S/C34H42BrN3O4S/c1-25-15-16-26(2)31(22-25)38(43(3,41)42)21-9-14-33(39)37(24-28-17-19-29(35)20-18-28)32(23-27-10-5-4-6-11-27)34(40)36-30-12-7-8-13-30/h4-6,10-11,15-20,22,30,32H,7-9,12-14,21,23-24H2,1-3H3,(H,36,40)/t32-/m0/s1. The zero-order valence-electron chi connectivity index (χ0n) is 25.3. The smallest absolute Gasteiger partial charge is 0.243 e. The molecule has 43 heavy (non-hydrogen) atoms. The molecular formula is C34H42BrN3O4S. The van der Waals surface area contributed by atoms with Gasteiger partial charge in [-0.05, 0) is 73.6 Å². The van der Waals surface area contributed by atoms with Crippen LogP contribution in [0.1, 0.15) is 60.8 Å². The van der Waals surface area contributed by atoms with Gasteiger partial charge in [-0.1, -0.05) is 83.4 Å². The maximum atomic E-state index is 14.0. The van der Waals surface area contributed by atoms with Crippen LogP contribution < -0.4 is 9.62 Å². The van der Waals surface area contributed by atoms with Crippen LogP contribution in [0.15, 0.2) is 77.3 Å². The third-order valence-corrected chi connectivity index (χ3v) is 9.73. The van der Waals surface area contributed by atoms with Crippen molar-refractivity contribution in [2.24, 2.45) is 0 Å². The number of amides is 2. The van der Waals surface area contributed by atoms with Gasteiger partial charge in [0.05, 0.1) is 11.9 Å². The number of benzene rings is 3. The number of carbonyl (C=O) groups is 2. The summed E-state index contributed by atoms with van der Waals surface area (Å²) >= 11 is 3.48. The van der Waals surface area contributed by atoms with Crippen molar-refractivity contribution in [1.29, 1.82) is 0 Å². The van der Waals surface area contributed by atoms with Gasteiger partial charge in [0.2, 0.25) is 21.8 Å². The van der Waals surface area contributed by atoms with E-state index in [0.29, 0.717) is 18.5 Å². The lowest BCUT2D eigenvalue weighted by molar-refractivity contribution is -0.141. The van der Waals surface area contributed by atoms with E-state index in [-0.39, 0.29) is 37.4 Å². The van der Waals surface area contributed by atoms with Gasteiger partial charge in [-0.15, -0.1) is 0 Å². The third-order valence-electron chi connectivity index (χ3n) is 8.02. The Morgan fingerprint density at radius 3 is 2.28 bits per heavy atom. The molecule has 0 radical (unpaired) electrons. The van der Waals surface area contributed by atoms with Crippen molar-refractivity contribution in [2.75, 3.05) is 17.1 Å². The molecule has 0 saturated heterocycles. The summed E-state index contributed by atoms with van der Waals surface area (Å²) in [6.45, 7) is 4.25. The Morgan fingerprint density at radius 1 is 0.953 bits per heavy atom. The van der Waals surface area contributed by atoms with E-state index in [2.05, 4.69) is 21.2 Å². The van der Waals surface area contributed by atoms with Crippen molar-refractivity contribution in [3.63, 3.8) is 0 Å². The SMILES string of the molecule is Cc1ccc(C)c(N(CCCC(=O)N(Cc2ccc(Br)cc2)[C@@H](Cc2ccccc2)C(=O)NC2CCCC2)S(C)(=O)=O)c1. The molecule has 0 aliphatic heterocycles. The Bertz CT molecular complexity index is 1490. The Kier molecular flexibility index (Phi) is 11.4. The molecule has 0 spiro atoms. The fourth-order valence-electron chi connectivity index (χ4n) is 5.68. The lowest BCUT2D eigenvalue weighted by Crippen LogP contribution is -2.52. The second-order valence-corrected chi connectivity index (χ2v) is 14.4. The van der Waals surface area contributed by atoms with E-state index in [1.54, 1.807) is 4.90 Å². The zero-order valence-corrected chi connectivity index (χ0v) is 27.7. The number of carbonyl (C=O) groups excluding carboxylic acids is 2. The van der Waals surface area contributed by atoms with Gasteiger partial charge in [-0.3, -0.25) is 13.9 Å². The third kappa shape index (κ3) is 9.41. The molecule has 2 amide bonds. The molecule has 4 rings (SSSR count). The summed E-state index contributed by atoms with van der Waals surface area (Å²) in [6, 6.07) is 22.7. The number of halogens is 1. The number of anilines is 1. The van der Waals surface area contributed by atoms with Crippen LogP contribution in [0.3, 0.4) is 0 Å². The largest absolute Gasteiger partial charge is 0.352 e. The van der Waals surface area contributed by atoms with Gasteiger partial charge in [0.25, 0.3) is 0 Å². The van der Waals surface area contributed by atoms with Crippen molar-refractivity contribution < 1.29 is 18.0 Å². The maximum Gasteiger partial charge on any atom is 0.243 e. The summed E-state index contributed by atoms with van der Waals surface area (Å²) in [7, 11) is -3.57. The highest BCUT2D eigenvalue weighted by molar-refractivity contribution is 9.10. The number of nitrogens with zero attached hydrogens (tertiary/aromatic N) is 2. The van der Waals surface area contributed by atoms with Crippen LogP contribution in [-0.4, -0.2) is 50.0 Å². The van der Waals surface area contributed by atoms with E-state index in [4.69, 9.17) is 0 Å². The second-order valence-electron chi connectivity index (χ2n) is 11.6. The average Bonchev–Trinajstić information content (AvgIpc) is 3.48. The van der Waals surface area contributed by atoms with Gasteiger partial charge in [0.1, 0.15) is 6.04 Å². The highest BCUT2D eigenvalue weighted by atomic mass is 79.9. The summed E-state index contributed by atoms with van der Waals surface area (Å²) < 4.78 is 27.9. The van der Waals surface area contributed by atoms with E-state index in [1.165, 1.54) is 10.6 Å². The molecular weight excluding hydrogens is 626 g/mol. The number of nitrogens with one attached hydrogen (secondary N) is 1. The molecule has 0 aromatic heterocycles. The van der Waals surface area contributed by atoms with Gasteiger partial charge >= 0.3 is 0 Å². The van der Waals surface area contributed by atoms with Gasteiger partial charge in [0.15, 0.2) is 0 Å². The number of aryl methyl sites for hydroxylation is 2. The van der Waals surface area contributed by atoms with Crippen LogP contribution in [0.5, 0.6) is 0 Å². The monoisotopic (exact) mass is 667 g/mol. The first kappa shape index (κ1) is 32.7. The van der Waals surface area contributed by atoms with Gasteiger partial charge in [-0.2, -0.15) is 0 Å². The van der Waals surface area contributed by atoms with E-state index in [9.17, 15) is 18.0 Å². The molecule has 1 fully saturated rings. The van der Waals surface area contributed by atoms with Crippen molar-refractivity contribution >= 4 is 43.5 Å². The van der Waals surface area contributed by atoms with E-state index < -0.39 is 16.1 Å². The minimum atomic E-state index is -3.57. The number of hydrogen-bond acceptors (Lipinski definition) is 4. The first-order valence-electron chi connectivity index (χ1n) is 14.9. The van der Waals surface area contributed by atoms with Crippen LogP contribution in [0.2, 0.25) is 0 Å². The van der Waals surface area contributed by atoms with Crippen LogP contribution in [0.4, 0.5) is 5.69 Å². The summed E-state index contributed by atoms with van der Waals surface area (Å²) in [5, 5.41) is 3.23. The zero-order chi connectivity index (χ0) is 31.0. The Hall–Kier alpha value is -3.17. The van der Waals surface area contributed by atoms with Crippen molar-refractivity contribution in [3.05, 3.63) is 99.5 Å². The molecule has 9 heteroatoms. The van der Waals surface area contributed by atoms with Gasteiger partial charge in [-0.25, -0.2) is 8.42 Å². The molecule has 0 heterocycles. The molecule has 1 atom stereocenters. The molecule has 230 valence electrons. The van der Waals surface area contributed by atoms with Crippen molar-refractivity contribution in [2.45, 2.75) is 77.4 Å². The van der Waals surface area contributed by atoms with E-state index in [0.717, 1.165) is 52.4 Å². The Morgan fingerprint density at radius 2 is 1.63 bits per heavy atom.